The number of hydrogen-bond acceptors (Lipinski definition) is 4. The van der Waals surface area contributed by atoms with Crippen LogP contribution >= 0.6 is 23.2 Å². The first-order valence-electron chi connectivity index (χ1n) is 5.46. The SMILES string of the molecule is CCCCOC(=O)c1cc(S(N)(=O)=O)c(Cl)cc1Cl. The third-order valence-corrected chi connectivity index (χ3v) is 3.97. The highest BCUT2D eigenvalue weighted by atomic mass is 35.5. The van der Waals surface area contributed by atoms with Gasteiger partial charge < -0.3 is 4.74 Å². The zero-order valence-corrected chi connectivity index (χ0v) is 12.5. The molecule has 2 N–H and O–H groups in total. The van der Waals surface area contributed by atoms with E-state index in [0.29, 0.717) is 6.42 Å². The van der Waals surface area contributed by atoms with Crippen LogP contribution in [-0.4, -0.2) is 21.0 Å². The van der Waals surface area contributed by atoms with Crippen LogP contribution in [0.25, 0.3) is 0 Å². The summed E-state index contributed by atoms with van der Waals surface area (Å²) in [5.74, 6) is -0.708. The van der Waals surface area contributed by atoms with Crippen molar-refractivity contribution in [3.8, 4) is 0 Å². The molecule has 1 aromatic rings. The van der Waals surface area contributed by atoms with Gasteiger partial charge in [-0.15, -0.1) is 0 Å². The quantitative estimate of drug-likeness (QED) is 0.665. The van der Waals surface area contributed by atoms with Gasteiger partial charge in [-0.1, -0.05) is 36.5 Å². The Kier molecular flexibility index (Phi) is 5.61. The van der Waals surface area contributed by atoms with E-state index in [1.54, 1.807) is 0 Å². The van der Waals surface area contributed by atoms with Gasteiger partial charge in [0.15, 0.2) is 0 Å². The van der Waals surface area contributed by atoms with Crippen molar-refractivity contribution in [2.24, 2.45) is 5.14 Å². The number of nitrogens with two attached hydrogens (primary N) is 1. The molecule has 0 aliphatic rings. The molecule has 0 amide bonds. The molecular weight excluding hydrogens is 313 g/mol. The number of rotatable bonds is 5. The fourth-order valence-electron chi connectivity index (χ4n) is 1.29. The summed E-state index contributed by atoms with van der Waals surface area (Å²) in [6.45, 7) is 2.18. The summed E-state index contributed by atoms with van der Waals surface area (Å²) >= 11 is 11.6. The maximum atomic E-state index is 11.7. The summed E-state index contributed by atoms with van der Waals surface area (Å²) in [5.41, 5.74) is -0.0776. The molecule has 19 heavy (non-hydrogen) atoms. The molecule has 8 heteroatoms. The van der Waals surface area contributed by atoms with Gasteiger partial charge in [-0.25, -0.2) is 18.4 Å². The molecule has 106 valence electrons. The highest BCUT2D eigenvalue weighted by Gasteiger charge is 2.20. The van der Waals surface area contributed by atoms with E-state index in [1.807, 2.05) is 6.92 Å². The fraction of sp³-hybridized carbons (Fsp3) is 0.364. The minimum Gasteiger partial charge on any atom is -0.462 e. The lowest BCUT2D eigenvalue weighted by atomic mass is 10.2. The van der Waals surface area contributed by atoms with Gasteiger partial charge in [0, 0.05) is 0 Å². The molecule has 0 spiro atoms. The van der Waals surface area contributed by atoms with Gasteiger partial charge in [0.1, 0.15) is 4.90 Å². The molecule has 1 rings (SSSR count). The molecule has 0 aromatic heterocycles. The normalized spacial score (nSPS) is 11.4. The first-order chi connectivity index (χ1) is 8.77. The Bertz CT molecular complexity index is 587. The molecule has 0 heterocycles. The van der Waals surface area contributed by atoms with Crippen LogP contribution in [0.15, 0.2) is 17.0 Å². The van der Waals surface area contributed by atoms with Crippen molar-refractivity contribution in [2.45, 2.75) is 24.7 Å². The fourth-order valence-corrected chi connectivity index (χ4v) is 2.69. The number of hydrogen-bond donors (Lipinski definition) is 1. The van der Waals surface area contributed by atoms with Gasteiger partial charge in [0.05, 0.1) is 22.2 Å². The molecule has 1 aromatic carbocycles. The number of sulfonamides is 1. The maximum Gasteiger partial charge on any atom is 0.339 e. The molecule has 0 fully saturated rings. The number of benzene rings is 1. The van der Waals surface area contributed by atoms with E-state index in [2.05, 4.69) is 0 Å². The lowest BCUT2D eigenvalue weighted by Gasteiger charge is -2.08. The van der Waals surface area contributed by atoms with Crippen molar-refractivity contribution in [3.63, 3.8) is 0 Å². The zero-order valence-electron chi connectivity index (χ0n) is 10.2. The van der Waals surface area contributed by atoms with Crippen molar-refractivity contribution in [1.82, 2.24) is 0 Å². The lowest BCUT2D eigenvalue weighted by molar-refractivity contribution is 0.0499. The van der Waals surface area contributed by atoms with E-state index in [0.717, 1.165) is 18.6 Å². The second kappa shape index (κ2) is 6.56. The summed E-state index contributed by atoms with van der Waals surface area (Å²) in [7, 11) is -4.03. The van der Waals surface area contributed by atoms with Crippen molar-refractivity contribution in [2.75, 3.05) is 6.61 Å². The highest BCUT2D eigenvalue weighted by Crippen LogP contribution is 2.28. The van der Waals surface area contributed by atoms with E-state index >= 15 is 0 Å². The van der Waals surface area contributed by atoms with E-state index in [1.165, 1.54) is 0 Å². The van der Waals surface area contributed by atoms with Crippen LogP contribution in [0.3, 0.4) is 0 Å². The Morgan fingerprint density at radius 1 is 1.32 bits per heavy atom. The monoisotopic (exact) mass is 325 g/mol. The molecule has 0 aliphatic heterocycles. The Morgan fingerprint density at radius 2 is 1.95 bits per heavy atom. The van der Waals surface area contributed by atoms with Crippen LogP contribution in [-0.2, 0) is 14.8 Å². The number of esters is 1. The summed E-state index contributed by atoms with van der Waals surface area (Å²) in [6, 6.07) is 2.17. The van der Waals surface area contributed by atoms with E-state index in [9.17, 15) is 13.2 Å². The summed E-state index contributed by atoms with van der Waals surface area (Å²) in [6.07, 6.45) is 1.57. The lowest BCUT2D eigenvalue weighted by Crippen LogP contribution is -2.15. The molecule has 0 saturated carbocycles. The second-order valence-electron chi connectivity index (χ2n) is 3.80. The molecule has 0 bridgehead atoms. The first kappa shape index (κ1) is 16.2. The molecule has 0 radical (unpaired) electrons. The molecule has 5 nitrogen and oxygen atoms in total. The van der Waals surface area contributed by atoms with Gasteiger partial charge in [0.2, 0.25) is 10.0 Å². The predicted molar refractivity (Wildman–Crippen MR) is 73.0 cm³/mol. The van der Waals surface area contributed by atoms with Crippen molar-refractivity contribution >= 4 is 39.2 Å². The number of ether oxygens (including phenoxy) is 1. The second-order valence-corrected chi connectivity index (χ2v) is 6.14. The van der Waals surface area contributed by atoms with Crippen LogP contribution in [0.1, 0.15) is 30.1 Å². The van der Waals surface area contributed by atoms with Crippen molar-refractivity contribution in [1.29, 1.82) is 0 Å². The number of carbonyl (C=O) groups is 1. The molecule has 0 saturated heterocycles. The smallest absolute Gasteiger partial charge is 0.339 e. The van der Waals surface area contributed by atoms with Crippen LogP contribution in [0.5, 0.6) is 0 Å². The standard InChI is InChI=1S/C11H13Cl2NO4S/c1-2-3-4-18-11(15)7-5-10(19(14,16)17)9(13)6-8(7)12/h5-6H,2-4H2,1H3,(H2,14,16,17). The third kappa shape index (κ3) is 4.35. The van der Waals surface area contributed by atoms with Crippen LogP contribution < -0.4 is 5.14 Å². The Hall–Kier alpha value is -0.820. The summed E-state index contributed by atoms with van der Waals surface area (Å²) in [5, 5.41) is 4.86. The van der Waals surface area contributed by atoms with Gasteiger partial charge in [-0.05, 0) is 18.6 Å². The van der Waals surface area contributed by atoms with E-state index in [4.69, 9.17) is 33.1 Å². The topological polar surface area (TPSA) is 86.5 Å². The summed E-state index contributed by atoms with van der Waals surface area (Å²) < 4.78 is 27.6. The number of unbranched alkanes of at least 4 members (excludes halogenated alkanes) is 1. The van der Waals surface area contributed by atoms with Crippen LogP contribution in [0, 0.1) is 0 Å². The molecule has 0 atom stereocenters. The minimum atomic E-state index is -4.03. The average molecular weight is 326 g/mol. The number of carbonyl (C=O) groups excluding carboxylic acids is 1. The molecule has 0 aliphatic carbocycles. The van der Waals surface area contributed by atoms with Gasteiger partial charge in [0.25, 0.3) is 0 Å². The Labute approximate surface area is 121 Å². The summed E-state index contributed by atoms with van der Waals surface area (Å²) in [4.78, 5) is 11.4. The highest BCUT2D eigenvalue weighted by molar-refractivity contribution is 7.89. The maximum absolute atomic E-state index is 11.7. The van der Waals surface area contributed by atoms with Crippen LogP contribution in [0.4, 0.5) is 0 Å². The number of primary sulfonamides is 1. The molecule has 0 unspecified atom stereocenters. The predicted octanol–water partition coefficient (Wildman–Crippen LogP) is 2.60. The first-order valence-corrected chi connectivity index (χ1v) is 7.76. The van der Waals surface area contributed by atoms with Crippen LogP contribution in [0.2, 0.25) is 10.0 Å². The zero-order chi connectivity index (χ0) is 14.6. The van der Waals surface area contributed by atoms with Gasteiger partial charge >= 0.3 is 5.97 Å². The third-order valence-electron chi connectivity index (χ3n) is 2.28. The van der Waals surface area contributed by atoms with Gasteiger partial charge in [-0.2, -0.15) is 0 Å². The van der Waals surface area contributed by atoms with Gasteiger partial charge in [-0.3, -0.25) is 0 Å². The molecular formula is C11H13Cl2NO4S. The van der Waals surface area contributed by atoms with E-state index < -0.39 is 16.0 Å². The van der Waals surface area contributed by atoms with Crippen molar-refractivity contribution in [3.05, 3.63) is 27.7 Å². The van der Waals surface area contributed by atoms with Crippen molar-refractivity contribution < 1.29 is 17.9 Å². The number of halogens is 2. The Morgan fingerprint density at radius 3 is 2.47 bits per heavy atom. The Balaban J connectivity index is 3.11. The largest absolute Gasteiger partial charge is 0.462 e. The minimum absolute atomic E-state index is 0.0129. The van der Waals surface area contributed by atoms with E-state index in [-0.39, 0.29) is 27.1 Å². The average Bonchev–Trinajstić information content (AvgIpc) is 2.27.